The number of hydrogen-bond acceptors (Lipinski definition) is 20. The van der Waals surface area contributed by atoms with Crippen LogP contribution in [0.1, 0.15) is 415 Å². The average molecular weight is 1760 g/mol. The Kier molecular flexibility index (Phi) is 73.9. The van der Waals surface area contributed by atoms with Crippen LogP contribution < -0.4 is 21.3 Å². The van der Waals surface area contributed by atoms with E-state index in [1.807, 2.05) is 0 Å². The highest BCUT2D eigenvalue weighted by Gasteiger charge is 2.49. The lowest BCUT2D eigenvalue weighted by Gasteiger charge is -2.22. The molecular formula is C93H172N4O22P2. The number of ketones is 2. The van der Waals surface area contributed by atoms with E-state index in [1.165, 1.54) is 129 Å². The van der Waals surface area contributed by atoms with Crippen molar-refractivity contribution in [1.29, 1.82) is 0 Å². The predicted molar refractivity (Wildman–Crippen MR) is 479 cm³/mol. The van der Waals surface area contributed by atoms with Crippen LogP contribution in [-0.4, -0.2) is 165 Å². The van der Waals surface area contributed by atoms with Gasteiger partial charge in [-0.2, -0.15) is 0 Å². The second-order valence-electron chi connectivity index (χ2n) is 33.6. The highest BCUT2D eigenvalue weighted by atomic mass is 31.2. The summed E-state index contributed by atoms with van der Waals surface area (Å²) in [6.45, 7) is 12.9. The van der Waals surface area contributed by atoms with Gasteiger partial charge in [0, 0.05) is 51.6 Å². The Hall–Kier alpha value is -4.30. The van der Waals surface area contributed by atoms with Crippen LogP contribution in [0.3, 0.4) is 0 Å². The van der Waals surface area contributed by atoms with Crippen molar-refractivity contribution in [2.75, 3.05) is 65.9 Å². The Balaban J connectivity index is 3.06. The molecule has 1 heterocycles. The fraction of sp³-hybridized carbons (Fsp3) is 0.871. The quantitative estimate of drug-likeness (QED) is 0.0108. The van der Waals surface area contributed by atoms with Crippen LogP contribution in [0.2, 0.25) is 0 Å². The summed E-state index contributed by atoms with van der Waals surface area (Å²) in [6.07, 6.45) is 56.3. The molecule has 2 unspecified atom stereocenters. The molecule has 0 saturated carbocycles. The topological polar surface area (TPSA) is 352 Å². The summed E-state index contributed by atoms with van der Waals surface area (Å²) in [5, 5.41) is 10.5. The minimum atomic E-state index is -4.90. The molecule has 121 heavy (non-hydrogen) atoms. The molecule has 1 aliphatic rings. The summed E-state index contributed by atoms with van der Waals surface area (Å²) < 4.78 is 83.6. The van der Waals surface area contributed by atoms with Gasteiger partial charge in [-0.3, -0.25) is 56.5 Å². The van der Waals surface area contributed by atoms with Gasteiger partial charge in [0.2, 0.25) is 11.8 Å². The number of rotatable bonds is 88. The summed E-state index contributed by atoms with van der Waals surface area (Å²) in [4.78, 5) is 128. The lowest BCUT2D eigenvalue weighted by molar-refractivity contribution is -0.159. The van der Waals surface area contributed by atoms with Gasteiger partial charge in [-0.1, -0.05) is 284 Å². The van der Waals surface area contributed by atoms with Crippen LogP contribution in [0, 0.1) is 0 Å². The molecule has 6 N–H and O–H groups in total. The lowest BCUT2D eigenvalue weighted by atomic mass is 10.0. The van der Waals surface area contributed by atoms with E-state index >= 15 is 0 Å². The van der Waals surface area contributed by atoms with Gasteiger partial charge in [0.25, 0.3) is 11.8 Å². The van der Waals surface area contributed by atoms with E-state index in [1.54, 1.807) is 0 Å². The van der Waals surface area contributed by atoms with Crippen molar-refractivity contribution in [1.82, 2.24) is 21.3 Å². The molecule has 0 aliphatic carbocycles. The average Bonchev–Trinajstić information content (AvgIpc) is 1.66. The SMILES string of the molecule is CCCCCC/C=C\CCCC(=O)O[C@H](CCCCCCC)CCOC[C@H](COP(=O)(O)OCCNC(=O)[C@H]1OC(C)(C)O[C@H]1C(=O)NCCOP(=O)(O)OC[C@@H](COCC[C@@H](CCCCCCC)OC(=O)CCC/C=C\CCCCCC)NC(=O)CC(=O)CCCCCCCCCCCCC)NC(=O)CC(=O)CCCCCCCCCCCCC. The number of unbranched alkanes of at least 4 members (excludes halogenated alkanes) is 38. The fourth-order valence-electron chi connectivity index (χ4n) is 14.2. The molecule has 1 aliphatic heterocycles. The Morgan fingerprint density at radius 2 is 0.645 bits per heavy atom. The van der Waals surface area contributed by atoms with E-state index in [-0.39, 0.29) is 88.7 Å². The van der Waals surface area contributed by atoms with Crippen LogP contribution in [0.5, 0.6) is 0 Å². The zero-order valence-electron chi connectivity index (χ0n) is 76.9. The molecule has 706 valence electrons. The number of esters is 2. The molecule has 8 atom stereocenters. The maximum atomic E-state index is 13.7. The van der Waals surface area contributed by atoms with Crippen LogP contribution in [0.25, 0.3) is 0 Å². The number of amides is 4. The largest absolute Gasteiger partial charge is 0.472 e. The Bertz CT molecular complexity index is 2620. The third-order valence-electron chi connectivity index (χ3n) is 21.3. The molecule has 4 amide bonds. The number of Topliss-reactive ketones (excluding diaryl/α,β-unsaturated/α-hetero) is 2. The first-order chi connectivity index (χ1) is 58.4. The van der Waals surface area contributed by atoms with E-state index in [0.29, 0.717) is 51.4 Å². The number of phosphoric acid groups is 2. The molecule has 0 spiro atoms. The standard InChI is InChI=1S/C93H172N4O22P2/c1-9-15-21-27-31-35-37-41-43-49-53-59-81(98)73-85(100)96-79(75-110-69-65-83(61-55-47-25-19-13-5)116-87(102)63-57-51-45-39-33-29-23-17-11-3)77-114-120(106,107)112-71-67-94-91(104)89-90(119-93(7,8)118-89)92(105)95-68-72-113-121(108,109)115-78-80(97-86(101)74-82(99)60-54-50-44-42-38-36-32-28-22-16-10-2)76-111-70-66-84(62-56-48-26-20-14-6)117-88(103)64-58-52-46-40-34-30-24-18-12-4/h39-40,45-46,79-80,83-84,89-90H,9-38,41-44,47-78H2,1-8H3,(H,94,104)(H,95,105)(H,96,100)(H,97,101)(H,106,107)(H,108,109)/b45-39-,46-40-/t79-,80-,83-,84-,89-,90+/m1/s1. The summed E-state index contributed by atoms with van der Waals surface area (Å²) in [7, 11) is -9.79. The lowest BCUT2D eigenvalue weighted by Crippen LogP contribution is -2.48. The van der Waals surface area contributed by atoms with Crippen LogP contribution in [0.4, 0.5) is 0 Å². The van der Waals surface area contributed by atoms with Crippen molar-refractivity contribution in [2.45, 2.75) is 457 Å². The number of ether oxygens (including phenoxy) is 6. The maximum Gasteiger partial charge on any atom is 0.472 e. The second kappa shape index (κ2) is 78.0. The molecule has 0 bridgehead atoms. The van der Waals surface area contributed by atoms with Crippen molar-refractivity contribution in [3.63, 3.8) is 0 Å². The summed E-state index contributed by atoms with van der Waals surface area (Å²) >= 11 is 0. The van der Waals surface area contributed by atoms with E-state index in [4.69, 9.17) is 46.5 Å². The number of nitrogens with one attached hydrogen (secondary N) is 4. The molecule has 0 aromatic rings. The van der Waals surface area contributed by atoms with Crippen molar-refractivity contribution in [3.8, 4) is 0 Å². The van der Waals surface area contributed by atoms with Crippen LogP contribution >= 0.6 is 15.6 Å². The zero-order valence-corrected chi connectivity index (χ0v) is 78.7. The van der Waals surface area contributed by atoms with Gasteiger partial charge in [0.1, 0.15) is 23.8 Å². The molecule has 1 saturated heterocycles. The first-order valence-electron chi connectivity index (χ1n) is 48.0. The van der Waals surface area contributed by atoms with Gasteiger partial charge in [-0.25, -0.2) is 9.13 Å². The van der Waals surface area contributed by atoms with Crippen molar-refractivity contribution < 1.29 is 104 Å². The monoisotopic (exact) mass is 1760 g/mol. The Labute approximate surface area is 731 Å². The van der Waals surface area contributed by atoms with Gasteiger partial charge in [-0.15, -0.1) is 0 Å². The molecule has 0 radical (unpaired) electrons. The predicted octanol–water partition coefficient (Wildman–Crippen LogP) is 21.0. The van der Waals surface area contributed by atoms with Gasteiger partial charge in [-0.05, 0) is 104 Å². The second-order valence-corrected chi connectivity index (χ2v) is 36.5. The normalized spacial score (nSPS) is 16.0. The molecule has 1 rings (SSSR count). The number of hydrogen-bond donors (Lipinski definition) is 6. The van der Waals surface area contributed by atoms with E-state index in [9.17, 15) is 57.3 Å². The molecule has 0 aromatic carbocycles. The first-order valence-corrected chi connectivity index (χ1v) is 51.0. The molecular weight excluding hydrogens is 1590 g/mol. The van der Waals surface area contributed by atoms with Gasteiger partial charge >= 0.3 is 27.6 Å². The summed E-state index contributed by atoms with van der Waals surface area (Å²) in [5.74, 6) is -5.43. The number of carbonyl (C=O) groups is 8. The van der Waals surface area contributed by atoms with Crippen molar-refractivity contribution in [3.05, 3.63) is 24.3 Å². The third kappa shape index (κ3) is 70.5. The molecule has 26 nitrogen and oxygen atoms in total. The summed E-state index contributed by atoms with van der Waals surface area (Å²) in [5.41, 5.74) is 0. The highest BCUT2D eigenvalue weighted by molar-refractivity contribution is 7.47. The van der Waals surface area contributed by atoms with Crippen molar-refractivity contribution in [2.24, 2.45) is 0 Å². The van der Waals surface area contributed by atoms with E-state index < -0.39 is 121 Å². The zero-order chi connectivity index (χ0) is 89.0. The van der Waals surface area contributed by atoms with E-state index in [0.717, 1.165) is 154 Å². The van der Waals surface area contributed by atoms with E-state index in [2.05, 4.69) is 87.1 Å². The third-order valence-corrected chi connectivity index (χ3v) is 23.3. The van der Waals surface area contributed by atoms with Gasteiger partial charge in [0.05, 0.1) is 77.8 Å². The van der Waals surface area contributed by atoms with Gasteiger partial charge < -0.3 is 59.5 Å². The number of allylic oxidation sites excluding steroid dienone is 4. The molecule has 1 fully saturated rings. The van der Waals surface area contributed by atoms with Crippen molar-refractivity contribution >= 4 is 62.8 Å². The number of carbonyl (C=O) groups excluding carboxylic acids is 8. The summed E-state index contributed by atoms with van der Waals surface area (Å²) in [6, 6.07) is -2.04. The molecule has 0 aromatic heterocycles. The number of phosphoric ester groups is 2. The minimum absolute atomic E-state index is 0.120. The maximum absolute atomic E-state index is 13.7. The Morgan fingerprint density at radius 1 is 0.355 bits per heavy atom. The first kappa shape index (κ1) is 115. The fourth-order valence-corrected chi connectivity index (χ4v) is 15.7. The smallest absolute Gasteiger partial charge is 0.462 e. The Morgan fingerprint density at radius 3 is 0.967 bits per heavy atom. The molecule has 28 heteroatoms. The van der Waals surface area contributed by atoms with Crippen LogP contribution in [0.15, 0.2) is 24.3 Å². The minimum Gasteiger partial charge on any atom is -0.462 e. The van der Waals surface area contributed by atoms with Gasteiger partial charge in [0.15, 0.2) is 18.0 Å². The van der Waals surface area contributed by atoms with Crippen LogP contribution in [-0.2, 0) is 94.0 Å². The highest BCUT2D eigenvalue weighted by Crippen LogP contribution is 2.44.